The Morgan fingerprint density at radius 1 is 1.32 bits per heavy atom. The van der Waals surface area contributed by atoms with Crippen molar-refractivity contribution in [2.75, 3.05) is 6.54 Å². The molecule has 2 aromatic rings. The van der Waals surface area contributed by atoms with Gasteiger partial charge in [0, 0.05) is 30.6 Å². The lowest BCUT2D eigenvalue weighted by molar-refractivity contribution is 0.522. The highest BCUT2D eigenvalue weighted by Gasteiger charge is 2.10. The van der Waals surface area contributed by atoms with Crippen molar-refractivity contribution in [3.05, 3.63) is 50.4 Å². The van der Waals surface area contributed by atoms with Crippen LogP contribution in [0.4, 0.5) is 0 Å². The molecule has 0 saturated heterocycles. The van der Waals surface area contributed by atoms with E-state index in [0.717, 1.165) is 24.4 Å². The highest BCUT2D eigenvalue weighted by molar-refractivity contribution is 7.09. The van der Waals surface area contributed by atoms with Gasteiger partial charge in [-0.3, -0.25) is 0 Å². The van der Waals surface area contributed by atoms with E-state index in [2.05, 4.69) is 17.2 Å². The Morgan fingerprint density at radius 3 is 2.79 bits per heavy atom. The summed E-state index contributed by atoms with van der Waals surface area (Å²) in [5.41, 5.74) is 1.18. The van der Waals surface area contributed by atoms with Crippen LogP contribution < -0.4 is 5.32 Å². The number of hydrogen-bond acceptors (Lipinski definition) is 3. The number of benzene rings is 1. The molecule has 0 fully saturated rings. The average Bonchev–Trinajstić information content (AvgIpc) is 2.91. The van der Waals surface area contributed by atoms with Crippen molar-refractivity contribution in [2.45, 2.75) is 25.8 Å². The number of nitrogens with one attached hydrogen (secondary N) is 1. The molecule has 0 bridgehead atoms. The summed E-state index contributed by atoms with van der Waals surface area (Å²) in [6, 6.07) is 6.12. The molecule has 0 aliphatic rings. The first-order valence-electron chi connectivity index (χ1n) is 6.27. The van der Waals surface area contributed by atoms with E-state index in [1.807, 2.05) is 29.8 Å². The number of thiazole rings is 1. The van der Waals surface area contributed by atoms with Gasteiger partial charge in [0.05, 0.1) is 15.1 Å². The van der Waals surface area contributed by atoms with Gasteiger partial charge in [-0.05, 0) is 24.1 Å². The van der Waals surface area contributed by atoms with Crippen LogP contribution in [0.5, 0.6) is 0 Å². The summed E-state index contributed by atoms with van der Waals surface area (Å²) in [5, 5.41) is 7.92. The molecule has 1 N–H and O–H groups in total. The Bertz CT molecular complexity index is 514. The standard InChI is InChI=1S/C14H16Cl2N2S/c1-2-13(10-3-4-11(15)12(16)9-10)17-6-5-14-18-7-8-19-14/h3-4,7-9,13,17H,2,5-6H2,1H3. The van der Waals surface area contributed by atoms with Gasteiger partial charge < -0.3 is 5.32 Å². The summed E-state index contributed by atoms with van der Waals surface area (Å²) < 4.78 is 0. The SMILES string of the molecule is CCC(NCCc1nccs1)c1ccc(Cl)c(Cl)c1. The van der Waals surface area contributed by atoms with Gasteiger partial charge >= 0.3 is 0 Å². The minimum atomic E-state index is 0.301. The van der Waals surface area contributed by atoms with Crippen molar-refractivity contribution >= 4 is 34.5 Å². The predicted molar refractivity (Wildman–Crippen MR) is 83.3 cm³/mol. The lowest BCUT2D eigenvalue weighted by Gasteiger charge is -2.17. The Kier molecular flexibility index (Phi) is 5.64. The summed E-state index contributed by atoms with van der Waals surface area (Å²) >= 11 is 13.7. The van der Waals surface area contributed by atoms with Gasteiger partial charge in [0.15, 0.2) is 0 Å². The van der Waals surface area contributed by atoms with E-state index < -0.39 is 0 Å². The number of aromatic nitrogens is 1. The van der Waals surface area contributed by atoms with Gasteiger partial charge in [-0.25, -0.2) is 4.98 Å². The number of rotatable bonds is 6. The molecule has 5 heteroatoms. The maximum absolute atomic E-state index is 6.06. The summed E-state index contributed by atoms with van der Waals surface area (Å²) in [4.78, 5) is 4.28. The van der Waals surface area contributed by atoms with Gasteiger partial charge in [-0.2, -0.15) is 0 Å². The molecule has 0 spiro atoms. The molecule has 1 atom stereocenters. The molecule has 19 heavy (non-hydrogen) atoms. The van der Waals surface area contributed by atoms with Crippen molar-refractivity contribution in [2.24, 2.45) is 0 Å². The van der Waals surface area contributed by atoms with Crippen molar-refractivity contribution in [1.29, 1.82) is 0 Å². The quantitative estimate of drug-likeness (QED) is 0.833. The van der Waals surface area contributed by atoms with Gasteiger partial charge in [0.1, 0.15) is 0 Å². The smallest absolute Gasteiger partial charge is 0.0937 e. The second-order valence-corrected chi connectivity index (χ2v) is 6.06. The van der Waals surface area contributed by atoms with Gasteiger partial charge in [-0.15, -0.1) is 11.3 Å². The summed E-state index contributed by atoms with van der Waals surface area (Å²) in [6.07, 6.45) is 3.81. The molecule has 2 nitrogen and oxygen atoms in total. The first-order chi connectivity index (χ1) is 9.20. The minimum Gasteiger partial charge on any atom is -0.310 e. The zero-order valence-electron chi connectivity index (χ0n) is 10.7. The second kappa shape index (κ2) is 7.25. The number of hydrogen-bond donors (Lipinski definition) is 1. The summed E-state index contributed by atoms with van der Waals surface area (Å²) in [7, 11) is 0. The van der Waals surface area contributed by atoms with Gasteiger partial charge in [0.25, 0.3) is 0 Å². The fourth-order valence-corrected chi connectivity index (χ4v) is 2.88. The van der Waals surface area contributed by atoms with Gasteiger partial charge in [0.2, 0.25) is 0 Å². The monoisotopic (exact) mass is 314 g/mol. The lowest BCUT2D eigenvalue weighted by Crippen LogP contribution is -2.23. The maximum Gasteiger partial charge on any atom is 0.0937 e. The van der Waals surface area contributed by atoms with E-state index in [1.54, 1.807) is 11.3 Å². The lowest BCUT2D eigenvalue weighted by atomic mass is 10.0. The zero-order chi connectivity index (χ0) is 13.7. The Labute approximate surface area is 127 Å². The number of nitrogens with zero attached hydrogens (tertiary/aromatic N) is 1. The van der Waals surface area contributed by atoms with Crippen molar-refractivity contribution in [3.8, 4) is 0 Å². The van der Waals surface area contributed by atoms with E-state index >= 15 is 0 Å². The molecule has 0 saturated carbocycles. The van der Waals surface area contributed by atoms with Crippen LogP contribution in [-0.2, 0) is 6.42 Å². The van der Waals surface area contributed by atoms with Crippen molar-refractivity contribution in [1.82, 2.24) is 10.3 Å². The Hall–Kier alpha value is -0.610. The highest BCUT2D eigenvalue weighted by Crippen LogP contribution is 2.26. The molecular weight excluding hydrogens is 299 g/mol. The number of halogens is 2. The maximum atomic E-state index is 6.06. The van der Waals surface area contributed by atoms with E-state index in [0.29, 0.717) is 16.1 Å². The predicted octanol–water partition coefficient (Wildman–Crippen LogP) is 4.73. The summed E-state index contributed by atoms with van der Waals surface area (Å²) in [6.45, 7) is 3.07. The van der Waals surface area contributed by atoms with Gasteiger partial charge in [-0.1, -0.05) is 36.2 Å². The molecule has 1 heterocycles. The second-order valence-electron chi connectivity index (χ2n) is 4.26. The topological polar surface area (TPSA) is 24.9 Å². The van der Waals surface area contributed by atoms with Crippen molar-refractivity contribution < 1.29 is 0 Å². The van der Waals surface area contributed by atoms with Crippen LogP contribution in [0.3, 0.4) is 0 Å². The van der Waals surface area contributed by atoms with Crippen LogP contribution >= 0.6 is 34.5 Å². The van der Waals surface area contributed by atoms with E-state index in [4.69, 9.17) is 23.2 Å². The molecule has 1 aromatic carbocycles. The molecule has 0 aliphatic heterocycles. The molecular formula is C14H16Cl2N2S. The third-order valence-electron chi connectivity index (χ3n) is 2.97. The fourth-order valence-electron chi connectivity index (χ4n) is 1.96. The molecule has 0 aliphatic carbocycles. The molecule has 1 aromatic heterocycles. The van der Waals surface area contributed by atoms with Crippen LogP contribution in [-0.4, -0.2) is 11.5 Å². The summed E-state index contributed by atoms with van der Waals surface area (Å²) in [5.74, 6) is 0. The first-order valence-corrected chi connectivity index (χ1v) is 7.91. The largest absolute Gasteiger partial charge is 0.310 e. The normalized spacial score (nSPS) is 12.6. The van der Waals surface area contributed by atoms with Crippen LogP contribution in [0.2, 0.25) is 10.0 Å². The first kappa shape index (κ1) is 14.8. The van der Waals surface area contributed by atoms with E-state index in [9.17, 15) is 0 Å². The third kappa shape index (κ3) is 4.18. The van der Waals surface area contributed by atoms with Crippen molar-refractivity contribution in [3.63, 3.8) is 0 Å². The van der Waals surface area contributed by atoms with Crippen LogP contribution in [0, 0.1) is 0 Å². The van der Waals surface area contributed by atoms with Crippen LogP contribution in [0.1, 0.15) is 30.0 Å². The molecule has 0 radical (unpaired) electrons. The average molecular weight is 315 g/mol. The van der Waals surface area contributed by atoms with Crippen LogP contribution in [0.25, 0.3) is 0 Å². The third-order valence-corrected chi connectivity index (χ3v) is 4.55. The Balaban J connectivity index is 1.93. The molecule has 102 valence electrons. The zero-order valence-corrected chi connectivity index (χ0v) is 13.0. The molecule has 2 rings (SSSR count). The van der Waals surface area contributed by atoms with Crippen LogP contribution in [0.15, 0.2) is 29.8 Å². The molecule has 1 unspecified atom stereocenters. The highest BCUT2D eigenvalue weighted by atomic mass is 35.5. The Morgan fingerprint density at radius 2 is 2.16 bits per heavy atom. The van der Waals surface area contributed by atoms with E-state index in [1.165, 1.54) is 5.56 Å². The molecule has 0 amide bonds. The minimum absolute atomic E-state index is 0.301. The van der Waals surface area contributed by atoms with E-state index in [-0.39, 0.29) is 0 Å². The fraction of sp³-hybridized carbons (Fsp3) is 0.357.